The first-order valence-corrected chi connectivity index (χ1v) is 4.82. The Balaban J connectivity index is 2.74. The molecule has 76 valence electrons. The summed E-state index contributed by atoms with van der Waals surface area (Å²) in [6, 6.07) is 7.57. The molecule has 0 unspecified atom stereocenters. The Morgan fingerprint density at radius 3 is 2.64 bits per heavy atom. The number of guanidine groups is 1. The van der Waals surface area contributed by atoms with E-state index in [1.54, 1.807) is 6.07 Å². The van der Waals surface area contributed by atoms with Crippen LogP contribution in [0, 0.1) is 0 Å². The minimum Gasteiger partial charge on any atom is -0.370 e. The number of halogens is 1. The standard InChI is InChI=1S/C10H14ClN3/c1-7(2)13-10(12)14-9-6-4-3-5-8(9)11/h3-7H,1-2H3,(H3,12,13,14). The van der Waals surface area contributed by atoms with Crippen molar-refractivity contribution in [1.29, 1.82) is 0 Å². The van der Waals surface area contributed by atoms with E-state index in [4.69, 9.17) is 17.3 Å². The molecule has 0 saturated heterocycles. The fourth-order valence-electron chi connectivity index (χ4n) is 1.01. The molecule has 0 amide bonds. The number of nitrogens with two attached hydrogens (primary N) is 1. The SMILES string of the molecule is CC(C)N=C(N)Nc1ccccc1Cl. The minimum atomic E-state index is 0.171. The molecule has 1 aromatic rings. The van der Waals surface area contributed by atoms with Crippen LogP contribution in [0.15, 0.2) is 29.3 Å². The highest BCUT2D eigenvalue weighted by Crippen LogP contribution is 2.19. The van der Waals surface area contributed by atoms with Gasteiger partial charge in [-0.05, 0) is 26.0 Å². The monoisotopic (exact) mass is 211 g/mol. The van der Waals surface area contributed by atoms with Gasteiger partial charge in [-0.3, -0.25) is 4.99 Å². The number of hydrogen-bond donors (Lipinski definition) is 2. The Labute approximate surface area is 89.0 Å². The maximum absolute atomic E-state index is 5.93. The number of benzene rings is 1. The van der Waals surface area contributed by atoms with Gasteiger partial charge in [0.1, 0.15) is 0 Å². The van der Waals surface area contributed by atoms with Crippen LogP contribution >= 0.6 is 11.6 Å². The van der Waals surface area contributed by atoms with Crippen molar-refractivity contribution in [3.8, 4) is 0 Å². The summed E-state index contributed by atoms with van der Waals surface area (Å²) in [7, 11) is 0. The van der Waals surface area contributed by atoms with E-state index >= 15 is 0 Å². The molecule has 14 heavy (non-hydrogen) atoms. The van der Waals surface area contributed by atoms with E-state index in [1.165, 1.54) is 0 Å². The van der Waals surface area contributed by atoms with Gasteiger partial charge in [0.2, 0.25) is 0 Å². The van der Waals surface area contributed by atoms with E-state index in [0.717, 1.165) is 5.69 Å². The molecule has 0 aromatic heterocycles. The molecule has 3 nitrogen and oxygen atoms in total. The zero-order chi connectivity index (χ0) is 10.6. The van der Waals surface area contributed by atoms with Crippen molar-refractivity contribution in [1.82, 2.24) is 0 Å². The van der Waals surface area contributed by atoms with E-state index in [1.807, 2.05) is 32.0 Å². The Morgan fingerprint density at radius 2 is 2.07 bits per heavy atom. The molecule has 0 spiro atoms. The summed E-state index contributed by atoms with van der Waals surface area (Å²) in [5.74, 6) is 0.383. The molecule has 3 N–H and O–H groups in total. The maximum atomic E-state index is 5.93. The van der Waals surface area contributed by atoms with Gasteiger partial charge in [0.25, 0.3) is 0 Å². The number of rotatable bonds is 2. The van der Waals surface area contributed by atoms with Crippen molar-refractivity contribution < 1.29 is 0 Å². The zero-order valence-electron chi connectivity index (χ0n) is 8.29. The van der Waals surface area contributed by atoms with E-state index in [9.17, 15) is 0 Å². The van der Waals surface area contributed by atoms with Crippen LogP contribution in [-0.4, -0.2) is 12.0 Å². The van der Waals surface area contributed by atoms with E-state index in [2.05, 4.69) is 10.3 Å². The Bertz CT molecular complexity index is 334. The molecule has 0 saturated carbocycles. The normalized spacial score (nSPS) is 11.9. The predicted molar refractivity (Wildman–Crippen MR) is 61.8 cm³/mol. The fourth-order valence-corrected chi connectivity index (χ4v) is 1.19. The average Bonchev–Trinajstić information content (AvgIpc) is 2.07. The predicted octanol–water partition coefficient (Wildman–Crippen LogP) is 2.48. The van der Waals surface area contributed by atoms with Crippen molar-refractivity contribution in [2.75, 3.05) is 5.32 Å². The first-order chi connectivity index (χ1) is 6.59. The molecule has 0 aliphatic heterocycles. The maximum Gasteiger partial charge on any atom is 0.193 e. The van der Waals surface area contributed by atoms with E-state index < -0.39 is 0 Å². The van der Waals surface area contributed by atoms with E-state index in [-0.39, 0.29) is 6.04 Å². The van der Waals surface area contributed by atoms with Crippen LogP contribution in [0.2, 0.25) is 5.02 Å². The number of para-hydroxylation sites is 1. The molecular formula is C10H14ClN3. The number of aliphatic imine (C=N–C) groups is 1. The first kappa shape index (κ1) is 10.9. The summed E-state index contributed by atoms with van der Waals surface area (Å²) < 4.78 is 0. The van der Waals surface area contributed by atoms with Gasteiger partial charge in [-0.2, -0.15) is 0 Å². The Morgan fingerprint density at radius 1 is 1.43 bits per heavy atom. The van der Waals surface area contributed by atoms with Crippen LogP contribution in [0.3, 0.4) is 0 Å². The molecule has 0 heterocycles. The number of hydrogen-bond acceptors (Lipinski definition) is 1. The van der Waals surface area contributed by atoms with Crippen LogP contribution in [0.5, 0.6) is 0 Å². The van der Waals surface area contributed by atoms with Crippen molar-refractivity contribution in [2.45, 2.75) is 19.9 Å². The smallest absolute Gasteiger partial charge is 0.193 e. The summed E-state index contributed by atoms with van der Waals surface area (Å²) in [5.41, 5.74) is 6.43. The van der Waals surface area contributed by atoms with Gasteiger partial charge in [0.05, 0.1) is 10.7 Å². The van der Waals surface area contributed by atoms with Gasteiger partial charge >= 0.3 is 0 Å². The van der Waals surface area contributed by atoms with Gasteiger partial charge in [0.15, 0.2) is 5.96 Å². The molecule has 0 atom stereocenters. The highest BCUT2D eigenvalue weighted by molar-refractivity contribution is 6.33. The van der Waals surface area contributed by atoms with E-state index in [0.29, 0.717) is 11.0 Å². The second-order valence-electron chi connectivity index (χ2n) is 3.21. The number of nitrogens with zero attached hydrogens (tertiary/aromatic N) is 1. The molecule has 1 aromatic carbocycles. The van der Waals surface area contributed by atoms with Gasteiger partial charge in [-0.15, -0.1) is 0 Å². The minimum absolute atomic E-state index is 0.171. The highest BCUT2D eigenvalue weighted by atomic mass is 35.5. The summed E-state index contributed by atoms with van der Waals surface area (Å²) in [6.45, 7) is 3.92. The molecule has 0 aliphatic carbocycles. The van der Waals surface area contributed by atoms with Crippen molar-refractivity contribution in [3.05, 3.63) is 29.3 Å². The lowest BCUT2D eigenvalue weighted by molar-refractivity contribution is 0.833. The molecule has 0 bridgehead atoms. The second-order valence-corrected chi connectivity index (χ2v) is 3.62. The Kier molecular flexibility index (Phi) is 3.77. The third-order valence-corrected chi connectivity index (χ3v) is 1.86. The largest absolute Gasteiger partial charge is 0.370 e. The number of anilines is 1. The number of nitrogens with one attached hydrogen (secondary N) is 1. The van der Waals surface area contributed by atoms with Crippen LogP contribution < -0.4 is 11.1 Å². The van der Waals surface area contributed by atoms with Gasteiger partial charge < -0.3 is 11.1 Å². The summed E-state index contributed by atoms with van der Waals surface area (Å²) in [5, 5.41) is 3.57. The van der Waals surface area contributed by atoms with Crippen LogP contribution in [-0.2, 0) is 0 Å². The van der Waals surface area contributed by atoms with Crippen molar-refractivity contribution >= 4 is 23.2 Å². The molecule has 4 heteroatoms. The topological polar surface area (TPSA) is 50.4 Å². The van der Waals surface area contributed by atoms with Crippen LogP contribution in [0.1, 0.15) is 13.8 Å². The second kappa shape index (κ2) is 4.86. The molecule has 1 rings (SSSR count). The Hall–Kier alpha value is -1.22. The quantitative estimate of drug-likeness (QED) is 0.583. The first-order valence-electron chi connectivity index (χ1n) is 4.44. The third-order valence-electron chi connectivity index (χ3n) is 1.53. The highest BCUT2D eigenvalue weighted by Gasteiger charge is 1.99. The van der Waals surface area contributed by atoms with Gasteiger partial charge in [0, 0.05) is 6.04 Å². The van der Waals surface area contributed by atoms with Crippen molar-refractivity contribution in [2.24, 2.45) is 10.7 Å². The zero-order valence-corrected chi connectivity index (χ0v) is 9.05. The van der Waals surface area contributed by atoms with Crippen LogP contribution in [0.25, 0.3) is 0 Å². The molecule has 0 fully saturated rings. The lowest BCUT2D eigenvalue weighted by atomic mass is 10.3. The summed E-state index contributed by atoms with van der Waals surface area (Å²) >= 11 is 5.93. The fraction of sp³-hybridized carbons (Fsp3) is 0.300. The summed E-state index contributed by atoms with van der Waals surface area (Å²) in [4.78, 5) is 4.14. The third kappa shape index (κ3) is 3.26. The van der Waals surface area contributed by atoms with Gasteiger partial charge in [-0.25, -0.2) is 0 Å². The van der Waals surface area contributed by atoms with Crippen molar-refractivity contribution in [3.63, 3.8) is 0 Å². The molecular weight excluding hydrogens is 198 g/mol. The molecule has 0 radical (unpaired) electrons. The van der Waals surface area contributed by atoms with Gasteiger partial charge in [-0.1, -0.05) is 23.7 Å². The average molecular weight is 212 g/mol. The lowest BCUT2D eigenvalue weighted by Gasteiger charge is -2.07. The lowest BCUT2D eigenvalue weighted by Crippen LogP contribution is -2.24. The van der Waals surface area contributed by atoms with Crippen LogP contribution in [0.4, 0.5) is 5.69 Å². The summed E-state index contributed by atoms with van der Waals surface area (Å²) in [6.07, 6.45) is 0. The molecule has 0 aliphatic rings.